The molecule has 0 aliphatic heterocycles. The van der Waals surface area contributed by atoms with E-state index in [1.54, 1.807) is 0 Å². The lowest BCUT2D eigenvalue weighted by Gasteiger charge is -1.68. The van der Waals surface area contributed by atoms with E-state index in [2.05, 4.69) is 12.6 Å². The molecule has 0 N–H and O–H groups in total. The van der Waals surface area contributed by atoms with Crippen LogP contribution < -0.4 is 0 Å². The van der Waals surface area contributed by atoms with Crippen molar-refractivity contribution in [3.63, 3.8) is 0 Å². The Kier molecular flexibility index (Phi) is 2.48. The molecule has 0 aliphatic rings. The van der Waals surface area contributed by atoms with Gasteiger partial charge in [-0.15, -0.1) is 12.6 Å². The van der Waals surface area contributed by atoms with Gasteiger partial charge in [0.25, 0.3) is 0 Å². The van der Waals surface area contributed by atoms with Crippen molar-refractivity contribution in [3.05, 3.63) is 21.7 Å². The Morgan fingerprint density at radius 1 is 1.83 bits per heavy atom. The lowest BCUT2D eigenvalue weighted by molar-refractivity contribution is -0.402. The van der Waals surface area contributed by atoms with Gasteiger partial charge in [0.1, 0.15) is 0 Å². The Hall–Kier alpha value is -0.510. The molecule has 4 heteroatoms. The second-order valence-electron chi connectivity index (χ2n) is 0.583. The SMILES string of the molecule is O=[N+]([O-])C=CS. The molecule has 0 aromatic heterocycles. The van der Waals surface area contributed by atoms with Crippen molar-refractivity contribution in [1.82, 2.24) is 0 Å². The summed E-state index contributed by atoms with van der Waals surface area (Å²) in [4.78, 5) is 8.69. The van der Waals surface area contributed by atoms with Crippen molar-refractivity contribution in [2.75, 3.05) is 0 Å². The summed E-state index contributed by atoms with van der Waals surface area (Å²) in [5.41, 5.74) is 0. The summed E-state index contributed by atoms with van der Waals surface area (Å²) < 4.78 is 0. The van der Waals surface area contributed by atoms with E-state index in [-0.39, 0.29) is 0 Å². The molecule has 0 rings (SSSR count). The molecule has 3 nitrogen and oxygen atoms in total. The van der Waals surface area contributed by atoms with Crippen LogP contribution >= 0.6 is 12.6 Å². The number of nitrogens with zero attached hydrogens (tertiary/aromatic N) is 1. The highest BCUT2D eigenvalue weighted by Crippen LogP contribution is 1.74. The molecule has 0 fully saturated rings. The minimum Gasteiger partial charge on any atom is -0.259 e. The first kappa shape index (κ1) is 5.49. The Morgan fingerprint density at radius 3 is 2.33 bits per heavy atom. The molecule has 6 heavy (non-hydrogen) atoms. The molecule has 0 spiro atoms. The molecule has 0 unspecified atom stereocenters. The van der Waals surface area contributed by atoms with Crippen LogP contribution in [0.15, 0.2) is 11.6 Å². The van der Waals surface area contributed by atoms with Crippen LogP contribution in [0.2, 0.25) is 0 Å². The zero-order chi connectivity index (χ0) is 4.99. The fourth-order valence-corrected chi connectivity index (χ4v) is 0.163. The average molecular weight is 105 g/mol. The topological polar surface area (TPSA) is 43.1 Å². The van der Waals surface area contributed by atoms with Gasteiger partial charge in [-0.2, -0.15) is 0 Å². The number of hydrogen-bond acceptors (Lipinski definition) is 3. The van der Waals surface area contributed by atoms with E-state index < -0.39 is 4.92 Å². The highest BCUT2D eigenvalue weighted by atomic mass is 32.1. The maximum absolute atomic E-state index is 9.27. The maximum Gasteiger partial charge on any atom is 0.240 e. The predicted molar refractivity (Wildman–Crippen MR) is 25.1 cm³/mol. The standard InChI is InChI=1S/C2H3NO2S/c4-3(5)1-2-6/h1-2,6H. The Bertz CT molecular complexity index is 79.6. The smallest absolute Gasteiger partial charge is 0.240 e. The molecule has 0 radical (unpaired) electrons. The van der Waals surface area contributed by atoms with Crippen molar-refractivity contribution < 1.29 is 4.92 Å². The number of rotatable bonds is 1. The monoisotopic (exact) mass is 105 g/mol. The summed E-state index contributed by atoms with van der Waals surface area (Å²) >= 11 is 3.44. The highest BCUT2D eigenvalue weighted by molar-refractivity contribution is 7.83. The molecular formula is C2H3NO2S. The normalized spacial score (nSPS) is 9.50. The van der Waals surface area contributed by atoms with Crippen LogP contribution in [0.4, 0.5) is 0 Å². The Morgan fingerprint density at radius 2 is 2.33 bits per heavy atom. The van der Waals surface area contributed by atoms with Gasteiger partial charge < -0.3 is 0 Å². The van der Waals surface area contributed by atoms with Gasteiger partial charge in [0.2, 0.25) is 6.20 Å². The van der Waals surface area contributed by atoms with E-state index >= 15 is 0 Å². The molecule has 0 bridgehead atoms. The van der Waals surface area contributed by atoms with Crippen LogP contribution in [0, 0.1) is 10.1 Å². The minimum atomic E-state index is -0.576. The third kappa shape index (κ3) is 3.49. The highest BCUT2D eigenvalue weighted by Gasteiger charge is 1.74. The van der Waals surface area contributed by atoms with Gasteiger partial charge in [-0.05, 0) is 0 Å². The van der Waals surface area contributed by atoms with Crippen molar-refractivity contribution in [1.29, 1.82) is 0 Å². The van der Waals surface area contributed by atoms with E-state index in [1.165, 1.54) is 0 Å². The van der Waals surface area contributed by atoms with E-state index in [0.717, 1.165) is 11.6 Å². The summed E-state index contributed by atoms with van der Waals surface area (Å²) in [6, 6.07) is 0. The van der Waals surface area contributed by atoms with Crippen LogP contribution in [-0.2, 0) is 0 Å². The quantitative estimate of drug-likeness (QED) is 0.302. The minimum absolute atomic E-state index is 0.576. The largest absolute Gasteiger partial charge is 0.259 e. The van der Waals surface area contributed by atoms with Crippen LogP contribution in [0.1, 0.15) is 0 Å². The molecular weight excluding hydrogens is 102 g/mol. The van der Waals surface area contributed by atoms with E-state index in [4.69, 9.17) is 0 Å². The summed E-state index contributed by atoms with van der Waals surface area (Å²) in [5.74, 6) is 0. The molecule has 0 aliphatic carbocycles. The fraction of sp³-hybridized carbons (Fsp3) is 0. The predicted octanol–water partition coefficient (Wildman–Crippen LogP) is 0.664. The maximum atomic E-state index is 9.27. The average Bonchev–Trinajstić information content (AvgIpc) is 1.35. The first-order valence-corrected chi connectivity index (χ1v) is 1.73. The van der Waals surface area contributed by atoms with Gasteiger partial charge in [-0.3, -0.25) is 10.1 Å². The lowest BCUT2D eigenvalue weighted by Crippen LogP contribution is -1.78. The van der Waals surface area contributed by atoms with E-state index in [1.807, 2.05) is 0 Å². The van der Waals surface area contributed by atoms with Crippen molar-refractivity contribution >= 4 is 12.6 Å². The number of thiol groups is 1. The second-order valence-corrected chi connectivity index (χ2v) is 0.882. The first-order chi connectivity index (χ1) is 2.77. The summed E-state index contributed by atoms with van der Waals surface area (Å²) in [7, 11) is 0. The molecule has 0 aromatic carbocycles. The zero-order valence-corrected chi connectivity index (χ0v) is 3.76. The molecule has 0 atom stereocenters. The van der Waals surface area contributed by atoms with Gasteiger partial charge in [0.15, 0.2) is 0 Å². The first-order valence-electron chi connectivity index (χ1n) is 1.21. The van der Waals surface area contributed by atoms with Gasteiger partial charge in [0.05, 0.1) is 4.92 Å². The molecule has 0 saturated heterocycles. The van der Waals surface area contributed by atoms with Gasteiger partial charge in [-0.25, -0.2) is 0 Å². The van der Waals surface area contributed by atoms with Gasteiger partial charge in [-0.1, -0.05) is 0 Å². The van der Waals surface area contributed by atoms with Crippen LogP contribution in [0.25, 0.3) is 0 Å². The third-order valence-electron chi connectivity index (χ3n) is 0.188. The second kappa shape index (κ2) is 2.71. The number of nitro groups is 1. The van der Waals surface area contributed by atoms with Crippen LogP contribution in [0.3, 0.4) is 0 Å². The number of hydrogen-bond donors (Lipinski definition) is 1. The molecule has 0 amide bonds. The fourth-order valence-electron chi connectivity index (χ4n) is 0.0544. The third-order valence-corrected chi connectivity index (χ3v) is 0.322. The van der Waals surface area contributed by atoms with Crippen molar-refractivity contribution in [2.45, 2.75) is 0 Å². The molecule has 0 aromatic rings. The molecule has 34 valence electrons. The van der Waals surface area contributed by atoms with Gasteiger partial charge >= 0.3 is 0 Å². The zero-order valence-electron chi connectivity index (χ0n) is 2.87. The van der Waals surface area contributed by atoms with E-state index in [9.17, 15) is 10.1 Å². The summed E-state index contributed by atoms with van der Waals surface area (Å²) in [5, 5.41) is 10.3. The van der Waals surface area contributed by atoms with E-state index in [0.29, 0.717) is 0 Å². The Balaban J connectivity index is 3.30. The van der Waals surface area contributed by atoms with Crippen molar-refractivity contribution in [3.8, 4) is 0 Å². The summed E-state index contributed by atoms with van der Waals surface area (Å²) in [6.07, 6.45) is 0.753. The molecule has 0 saturated carbocycles. The summed E-state index contributed by atoms with van der Waals surface area (Å²) in [6.45, 7) is 0. The Labute approximate surface area is 40.2 Å². The van der Waals surface area contributed by atoms with Gasteiger partial charge in [0, 0.05) is 5.41 Å². The van der Waals surface area contributed by atoms with Crippen molar-refractivity contribution in [2.24, 2.45) is 0 Å². The molecule has 0 heterocycles. The lowest BCUT2D eigenvalue weighted by atomic mass is 11.1. The van der Waals surface area contributed by atoms with Crippen LogP contribution in [0.5, 0.6) is 0 Å². The van der Waals surface area contributed by atoms with Crippen LogP contribution in [-0.4, -0.2) is 4.92 Å².